The molecule has 0 saturated heterocycles. The lowest BCUT2D eigenvalue weighted by Gasteiger charge is -2.25. The van der Waals surface area contributed by atoms with Crippen molar-refractivity contribution in [2.75, 3.05) is 21.3 Å². The average molecular weight is 313 g/mol. The first-order valence-corrected chi connectivity index (χ1v) is 6.47. The fourth-order valence-corrected chi connectivity index (χ4v) is 1.78. The third-order valence-corrected chi connectivity index (χ3v) is 3.39. The summed E-state index contributed by atoms with van der Waals surface area (Å²) < 4.78 is 14.7. The molecule has 6 heteroatoms. The standard InChI is InChI=1S/C15H17ClO5/c1-15(20-3,21-4)13(17)11(14(18)19-2)9-10-7-5-6-8-12(10)16/h5-9H,1-4H3. The minimum Gasteiger partial charge on any atom is -0.465 e. The summed E-state index contributed by atoms with van der Waals surface area (Å²) in [5.74, 6) is -3.03. The Labute approximate surface area is 128 Å². The van der Waals surface area contributed by atoms with Gasteiger partial charge < -0.3 is 14.2 Å². The minimum atomic E-state index is -1.58. The molecule has 0 aliphatic rings. The van der Waals surface area contributed by atoms with Crippen molar-refractivity contribution in [3.8, 4) is 0 Å². The van der Waals surface area contributed by atoms with Crippen molar-refractivity contribution in [1.82, 2.24) is 0 Å². The molecule has 0 N–H and O–H groups in total. The maximum atomic E-state index is 12.5. The van der Waals surface area contributed by atoms with E-state index in [1.165, 1.54) is 34.3 Å². The number of carbonyl (C=O) groups excluding carboxylic acids is 2. The van der Waals surface area contributed by atoms with Gasteiger partial charge in [-0.15, -0.1) is 0 Å². The molecule has 21 heavy (non-hydrogen) atoms. The largest absolute Gasteiger partial charge is 0.465 e. The van der Waals surface area contributed by atoms with Crippen LogP contribution in [0.4, 0.5) is 0 Å². The Morgan fingerprint density at radius 2 is 1.71 bits per heavy atom. The van der Waals surface area contributed by atoms with Gasteiger partial charge in [0, 0.05) is 19.2 Å². The summed E-state index contributed by atoms with van der Waals surface area (Å²) in [6, 6.07) is 6.81. The number of hydrogen-bond acceptors (Lipinski definition) is 5. The second kappa shape index (κ2) is 7.36. The molecule has 0 aliphatic carbocycles. The predicted molar refractivity (Wildman–Crippen MR) is 78.9 cm³/mol. The maximum absolute atomic E-state index is 12.5. The monoisotopic (exact) mass is 312 g/mol. The van der Waals surface area contributed by atoms with Crippen molar-refractivity contribution < 1.29 is 23.8 Å². The van der Waals surface area contributed by atoms with Gasteiger partial charge in [0.05, 0.1) is 7.11 Å². The Morgan fingerprint density at radius 1 is 1.14 bits per heavy atom. The summed E-state index contributed by atoms with van der Waals surface area (Å²) in [6.07, 6.45) is 1.35. The van der Waals surface area contributed by atoms with Crippen LogP contribution in [-0.4, -0.2) is 38.9 Å². The van der Waals surface area contributed by atoms with E-state index in [-0.39, 0.29) is 5.57 Å². The van der Waals surface area contributed by atoms with Crippen LogP contribution < -0.4 is 0 Å². The Balaban J connectivity index is 3.34. The molecular formula is C15H17ClO5. The molecule has 0 amide bonds. The van der Waals surface area contributed by atoms with E-state index in [1.807, 2.05) is 0 Å². The number of esters is 1. The fourth-order valence-electron chi connectivity index (χ4n) is 1.59. The lowest BCUT2D eigenvalue weighted by Crippen LogP contribution is -2.42. The molecule has 0 unspecified atom stereocenters. The molecule has 5 nitrogen and oxygen atoms in total. The highest BCUT2D eigenvalue weighted by Gasteiger charge is 2.38. The molecule has 114 valence electrons. The van der Waals surface area contributed by atoms with Crippen LogP contribution in [0.2, 0.25) is 5.02 Å². The predicted octanol–water partition coefficient (Wildman–Crippen LogP) is 2.47. The Kier molecular flexibility index (Phi) is 6.08. The number of benzene rings is 1. The van der Waals surface area contributed by atoms with E-state index in [4.69, 9.17) is 21.1 Å². The van der Waals surface area contributed by atoms with Gasteiger partial charge >= 0.3 is 5.97 Å². The first-order valence-electron chi connectivity index (χ1n) is 6.09. The average Bonchev–Trinajstić information content (AvgIpc) is 2.52. The fraction of sp³-hybridized carbons (Fsp3) is 0.333. The van der Waals surface area contributed by atoms with Gasteiger partial charge in [0.15, 0.2) is 0 Å². The number of ether oxygens (including phenoxy) is 3. The molecule has 1 aromatic carbocycles. The molecular weight excluding hydrogens is 296 g/mol. The minimum absolute atomic E-state index is 0.211. The molecule has 0 bridgehead atoms. The number of carbonyl (C=O) groups is 2. The summed E-state index contributed by atoms with van der Waals surface area (Å²) in [7, 11) is 3.81. The highest BCUT2D eigenvalue weighted by Crippen LogP contribution is 2.23. The van der Waals surface area contributed by atoms with E-state index < -0.39 is 17.5 Å². The third kappa shape index (κ3) is 3.91. The molecule has 0 atom stereocenters. The van der Waals surface area contributed by atoms with Crippen molar-refractivity contribution in [3.05, 3.63) is 40.4 Å². The van der Waals surface area contributed by atoms with Crippen molar-refractivity contribution in [2.24, 2.45) is 0 Å². The number of ketones is 1. The molecule has 0 aromatic heterocycles. The van der Waals surface area contributed by atoms with Gasteiger partial charge in [-0.1, -0.05) is 29.8 Å². The van der Waals surface area contributed by atoms with Gasteiger partial charge in [0.2, 0.25) is 11.6 Å². The quantitative estimate of drug-likeness (QED) is 0.265. The van der Waals surface area contributed by atoms with Crippen LogP contribution in [0, 0.1) is 0 Å². The second-order valence-corrected chi connectivity index (χ2v) is 4.66. The van der Waals surface area contributed by atoms with Gasteiger partial charge in [0.25, 0.3) is 0 Å². The highest BCUT2D eigenvalue weighted by molar-refractivity contribution is 6.32. The first-order chi connectivity index (χ1) is 9.89. The summed E-state index contributed by atoms with van der Waals surface area (Å²) in [5.41, 5.74) is 0.305. The summed E-state index contributed by atoms with van der Waals surface area (Å²) in [4.78, 5) is 24.4. The van der Waals surface area contributed by atoms with Gasteiger partial charge in [0.1, 0.15) is 5.57 Å². The van der Waals surface area contributed by atoms with Crippen LogP contribution in [0.3, 0.4) is 0 Å². The number of rotatable bonds is 6. The van der Waals surface area contributed by atoms with Crippen molar-refractivity contribution in [3.63, 3.8) is 0 Å². The van der Waals surface area contributed by atoms with Crippen LogP contribution >= 0.6 is 11.6 Å². The number of halogens is 1. The zero-order chi connectivity index (χ0) is 16.0. The SMILES string of the molecule is COC(=O)C(=Cc1ccccc1Cl)C(=O)C(C)(OC)OC. The maximum Gasteiger partial charge on any atom is 0.341 e. The molecule has 0 spiro atoms. The molecule has 1 rings (SSSR count). The van der Waals surface area contributed by atoms with Crippen LogP contribution in [0.25, 0.3) is 6.08 Å². The lowest BCUT2D eigenvalue weighted by atomic mass is 10.0. The zero-order valence-electron chi connectivity index (χ0n) is 12.3. The van der Waals surface area contributed by atoms with E-state index in [0.29, 0.717) is 10.6 Å². The smallest absolute Gasteiger partial charge is 0.341 e. The molecule has 0 saturated carbocycles. The van der Waals surface area contributed by atoms with E-state index in [9.17, 15) is 9.59 Å². The number of methoxy groups -OCH3 is 3. The summed E-state index contributed by atoms with van der Waals surface area (Å²) >= 11 is 6.03. The third-order valence-electron chi connectivity index (χ3n) is 3.05. The van der Waals surface area contributed by atoms with Crippen LogP contribution in [-0.2, 0) is 23.8 Å². The number of Topliss-reactive ketones (excluding diaryl/α,β-unsaturated/α-hetero) is 1. The molecule has 1 aromatic rings. The van der Waals surface area contributed by atoms with Gasteiger partial charge in [-0.2, -0.15) is 0 Å². The van der Waals surface area contributed by atoms with Gasteiger partial charge in [-0.3, -0.25) is 4.79 Å². The highest BCUT2D eigenvalue weighted by atomic mass is 35.5. The first kappa shape index (κ1) is 17.4. The van der Waals surface area contributed by atoms with E-state index in [1.54, 1.807) is 24.3 Å². The number of hydrogen-bond donors (Lipinski definition) is 0. The Morgan fingerprint density at radius 3 is 2.19 bits per heavy atom. The molecule has 0 radical (unpaired) electrons. The molecule has 0 heterocycles. The van der Waals surface area contributed by atoms with E-state index in [2.05, 4.69) is 4.74 Å². The normalized spacial score (nSPS) is 12.1. The van der Waals surface area contributed by atoms with Gasteiger partial charge in [-0.05, 0) is 24.6 Å². The van der Waals surface area contributed by atoms with Gasteiger partial charge in [-0.25, -0.2) is 4.79 Å². The zero-order valence-corrected chi connectivity index (χ0v) is 13.1. The summed E-state index contributed by atoms with van der Waals surface area (Å²) in [5, 5.41) is 0.406. The molecule has 0 aliphatic heterocycles. The molecule has 0 fully saturated rings. The topological polar surface area (TPSA) is 61.8 Å². The van der Waals surface area contributed by atoms with E-state index >= 15 is 0 Å². The lowest BCUT2D eigenvalue weighted by molar-refractivity contribution is -0.195. The van der Waals surface area contributed by atoms with Crippen molar-refractivity contribution in [1.29, 1.82) is 0 Å². The summed E-state index contributed by atoms with van der Waals surface area (Å²) in [6.45, 7) is 1.42. The van der Waals surface area contributed by atoms with E-state index in [0.717, 1.165) is 0 Å². The van der Waals surface area contributed by atoms with Crippen molar-refractivity contribution >= 4 is 29.4 Å². The van der Waals surface area contributed by atoms with Crippen molar-refractivity contribution in [2.45, 2.75) is 12.7 Å². The Hall–Kier alpha value is -1.69. The van der Waals surface area contributed by atoms with Crippen LogP contribution in [0.1, 0.15) is 12.5 Å². The van der Waals surface area contributed by atoms with Crippen LogP contribution in [0.5, 0.6) is 0 Å². The second-order valence-electron chi connectivity index (χ2n) is 4.25. The van der Waals surface area contributed by atoms with Crippen LogP contribution in [0.15, 0.2) is 29.8 Å². The Bertz CT molecular complexity index is 561.